The lowest BCUT2D eigenvalue weighted by molar-refractivity contribution is 0.312. The van der Waals surface area contributed by atoms with Crippen molar-refractivity contribution in [3.05, 3.63) is 63.3 Å². The fourth-order valence-electron chi connectivity index (χ4n) is 3.26. The van der Waals surface area contributed by atoms with E-state index in [9.17, 15) is 4.79 Å². The molecular formula is C19H21N5OS. The lowest BCUT2D eigenvalue weighted by Gasteiger charge is -2.33. The van der Waals surface area contributed by atoms with E-state index in [1.54, 1.807) is 4.57 Å². The van der Waals surface area contributed by atoms with Crippen molar-refractivity contribution in [2.45, 2.75) is 6.54 Å². The van der Waals surface area contributed by atoms with Gasteiger partial charge >= 0.3 is 0 Å². The first-order valence-electron chi connectivity index (χ1n) is 8.72. The maximum atomic E-state index is 12.7. The standard InChI is InChI=1S/C19H21N5OS/c1-22-8-10-23(11-9-22)17-7-6-14(12-20-17)13-24-18(25)15-4-2-3-5-16(15)21-19(24)26/h2-7,12H,8-11,13H2,1H3,(H,21,26). The molecule has 26 heavy (non-hydrogen) atoms. The number of benzene rings is 1. The van der Waals surface area contributed by atoms with Gasteiger partial charge in [-0.2, -0.15) is 0 Å². The van der Waals surface area contributed by atoms with Crippen LogP contribution in [-0.4, -0.2) is 52.7 Å². The monoisotopic (exact) mass is 367 g/mol. The number of nitrogens with one attached hydrogen (secondary N) is 1. The zero-order chi connectivity index (χ0) is 18.1. The SMILES string of the molecule is CN1CCN(c2ccc(Cn3c(=S)[nH]c4ccccc4c3=O)cn2)CC1. The summed E-state index contributed by atoms with van der Waals surface area (Å²) in [5.74, 6) is 0.984. The molecule has 0 atom stereocenters. The van der Waals surface area contributed by atoms with Gasteiger partial charge in [-0.15, -0.1) is 0 Å². The van der Waals surface area contributed by atoms with Crippen molar-refractivity contribution in [1.29, 1.82) is 0 Å². The van der Waals surface area contributed by atoms with E-state index in [0.29, 0.717) is 16.7 Å². The van der Waals surface area contributed by atoms with Gasteiger partial charge in [-0.3, -0.25) is 9.36 Å². The Kier molecular flexibility index (Phi) is 4.57. The number of piperazine rings is 1. The molecule has 1 N–H and O–H groups in total. The Balaban J connectivity index is 1.59. The van der Waals surface area contributed by atoms with Gasteiger partial charge in [0.2, 0.25) is 0 Å². The Labute approximate surface area is 156 Å². The summed E-state index contributed by atoms with van der Waals surface area (Å²) in [7, 11) is 2.14. The summed E-state index contributed by atoms with van der Waals surface area (Å²) >= 11 is 5.38. The largest absolute Gasteiger partial charge is 0.354 e. The van der Waals surface area contributed by atoms with E-state index in [0.717, 1.165) is 43.1 Å². The van der Waals surface area contributed by atoms with Crippen LogP contribution in [0.1, 0.15) is 5.56 Å². The van der Waals surface area contributed by atoms with Gasteiger partial charge in [0, 0.05) is 32.4 Å². The molecule has 7 heteroatoms. The number of rotatable bonds is 3. The lowest BCUT2D eigenvalue weighted by Crippen LogP contribution is -2.44. The minimum atomic E-state index is -0.0764. The topological polar surface area (TPSA) is 57.2 Å². The molecule has 2 aromatic heterocycles. The van der Waals surface area contributed by atoms with E-state index in [2.05, 4.69) is 26.8 Å². The molecule has 0 amide bonds. The third kappa shape index (κ3) is 3.27. The molecule has 0 bridgehead atoms. The zero-order valence-corrected chi connectivity index (χ0v) is 15.5. The van der Waals surface area contributed by atoms with Crippen molar-refractivity contribution in [3.8, 4) is 0 Å². The molecule has 134 valence electrons. The highest BCUT2D eigenvalue weighted by Gasteiger charge is 2.15. The minimum absolute atomic E-state index is 0.0764. The fourth-order valence-corrected chi connectivity index (χ4v) is 3.52. The molecule has 0 unspecified atom stereocenters. The number of H-pyrrole nitrogens is 1. The van der Waals surface area contributed by atoms with Crippen molar-refractivity contribution in [1.82, 2.24) is 19.4 Å². The van der Waals surface area contributed by atoms with Crippen LogP contribution in [0.15, 0.2) is 47.4 Å². The zero-order valence-electron chi connectivity index (χ0n) is 14.7. The molecule has 1 aromatic carbocycles. The molecule has 1 aliphatic rings. The van der Waals surface area contributed by atoms with Crippen LogP contribution in [0, 0.1) is 4.77 Å². The Morgan fingerprint density at radius 3 is 2.62 bits per heavy atom. The van der Waals surface area contributed by atoms with Gasteiger partial charge in [-0.25, -0.2) is 4.98 Å². The van der Waals surface area contributed by atoms with Crippen molar-refractivity contribution >= 4 is 28.9 Å². The third-order valence-corrected chi connectivity index (χ3v) is 5.19. The summed E-state index contributed by atoms with van der Waals surface area (Å²) in [6.07, 6.45) is 1.84. The molecular weight excluding hydrogens is 346 g/mol. The average Bonchev–Trinajstić information content (AvgIpc) is 2.66. The Morgan fingerprint density at radius 1 is 1.12 bits per heavy atom. The van der Waals surface area contributed by atoms with Gasteiger partial charge in [0.25, 0.3) is 5.56 Å². The van der Waals surface area contributed by atoms with Crippen LogP contribution in [0.3, 0.4) is 0 Å². The Morgan fingerprint density at radius 2 is 1.88 bits per heavy atom. The molecule has 0 radical (unpaired) electrons. The molecule has 0 spiro atoms. The van der Waals surface area contributed by atoms with Crippen LogP contribution in [0.2, 0.25) is 0 Å². The first kappa shape index (κ1) is 16.9. The van der Waals surface area contributed by atoms with Gasteiger partial charge < -0.3 is 14.8 Å². The highest BCUT2D eigenvalue weighted by molar-refractivity contribution is 7.71. The second kappa shape index (κ2) is 7.01. The maximum absolute atomic E-state index is 12.7. The van der Waals surface area contributed by atoms with Gasteiger partial charge in [0.1, 0.15) is 5.82 Å². The molecule has 6 nitrogen and oxygen atoms in total. The maximum Gasteiger partial charge on any atom is 0.262 e. The summed E-state index contributed by atoms with van der Waals surface area (Å²) in [6, 6.07) is 11.5. The van der Waals surface area contributed by atoms with Crippen molar-refractivity contribution in [2.75, 3.05) is 38.1 Å². The summed E-state index contributed by atoms with van der Waals surface area (Å²) in [5, 5.41) is 0.642. The van der Waals surface area contributed by atoms with Gasteiger partial charge in [0.15, 0.2) is 4.77 Å². The number of likely N-dealkylation sites (N-methyl/N-ethyl adjacent to an activating group) is 1. The summed E-state index contributed by atoms with van der Waals surface area (Å²) in [6.45, 7) is 4.47. The van der Waals surface area contributed by atoms with E-state index < -0.39 is 0 Å². The second-order valence-corrected chi connectivity index (χ2v) is 7.07. The van der Waals surface area contributed by atoms with E-state index in [1.807, 2.05) is 42.6 Å². The summed E-state index contributed by atoms with van der Waals surface area (Å²) in [5.41, 5.74) is 1.65. The van der Waals surface area contributed by atoms with E-state index in [4.69, 9.17) is 12.2 Å². The number of nitrogens with zero attached hydrogens (tertiary/aromatic N) is 4. The third-order valence-electron chi connectivity index (χ3n) is 4.87. The van der Waals surface area contributed by atoms with Crippen LogP contribution < -0.4 is 10.5 Å². The highest BCUT2D eigenvalue weighted by atomic mass is 32.1. The van der Waals surface area contributed by atoms with Crippen LogP contribution in [-0.2, 0) is 6.54 Å². The van der Waals surface area contributed by atoms with Crippen LogP contribution >= 0.6 is 12.2 Å². The number of hydrogen-bond acceptors (Lipinski definition) is 5. The molecule has 4 rings (SSSR count). The van der Waals surface area contributed by atoms with Crippen molar-refractivity contribution in [2.24, 2.45) is 0 Å². The highest BCUT2D eigenvalue weighted by Crippen LogP contribution is 2.14. The van der Waals surface area contributed by atoms with Gasteiger partial charge in [-0.05, 0) is 43.0 Å². The fraction of sp³-hybridized carbons (Fsp3) is 0.316. The molecule has 1 aliphatic heterocycles. The number of hydrogen-bond donors (Lipinski definition) is 1. The van der Waals surface area contributed by atoms with E-state index in [-0.39, 0.29) is 5.56 Å². The smallest absolute Gasteiger partial charge is 0.262 e. The quantitative estimate of drug-likeness (QED) is 0.720. The van der Waals surface area contributed by atoms with Crippen LogP contribution in [0.4, 0.5) is 5.82 Å². The van der Waals surface area contributed by atoms with Crippen LogP contribution in [0.5, 0.6) is 0 Å². The van der Waals surface area contributed by atoms with Gasteiger partial charge in [0.05, 0.1) is 17.4 Å². The second-order valence-electron chi connectivity index (χ2n) is 6.68. The number of anilines is 1. The molecule has 0 saturated carbocycles. The average molecular weight is 367 g/mol. The van der Waals surface area contributed by atoms with Crippen LogP contribution in [0.25, 0.3) is 10.9 Å². The number of para-hydroxylation sites is 1. The number of aromatic amines is 1. The minimum Gasteiger partial charge on any atom is -0.354 e. The molecule has 3 heterocycles. The number of pyridine rings is 1. The molecule has 1 saturated heterocycles. The Bertz CT molecular complexity index is 1030. The predicted molar refractivity (Wildman–Crippen MR) is 106 cm³/mol. The van der Waals surface area contributed by atoms with Crippen molar-refractivity contribution < 1.29 is 0 Å². The summed E-state index contributed by atoms with van der Waals surface area (Å²) in [4.78, 5) is 25.1. The first-order valence-corrected chi connectivity index (χ1v) is 9.13. The number of aromatic nitrogens is 3. The normalized spacial score (nSPS) is 15.5. The predicted octanol–water partition coefficient (Wildman–Crippen LogP) is 2.25. The number of fused-ring (bicyclic) bond motifs is 1. The lowest BCUT2D eigenvalue weighted by atomic mass is 10.2. The summed E-state index contributed by atoms with van der Waals surface area (Å²) < 4.78 is 2.02. The molecule has 1 fully saturated rings. The van der Waals surface area contributed by atoms with E-state index >= 15 is 0 Å². The Hall–Kier alpha value is -2.51. The van der Waals surface area contributed by atoms with Crippen molar-refractivity contribution in [3.63, 3.8) is 0 Å². The van der Waals surface area contributed by atoms with E-state index in [1.165, 1.54) is 0 Å². The first-order chi connectivity index (χ1) is 12.6. The molecule has 3 aromatic rings. The van der Waals surface area contributed by atoms with Gasteiger partial charge in [-0.1, -0.05) is 18.2 Å². The molecule has 0 aliphatic carbocycles.